The smallest absolute Gasteiger partial charge is 0.328 e. The van der Waals surface area contributed by atoms with Crippen molar-refractivity contribution in [3.05, 3.63) is 76.7 Å². The quantitative estimate of drug-likeness (QED) is 0.609. The Bertz CT molecular complexity index is 1070. The lowest BCUT2D eigenvalue weighted by atomic mass is 9.84. The minimum atomic E-state index is -1.26. The van der Waals surface area contributed by atoms with Crippen molar-refractivity contribution in [1.29, 1.82) is 0 Å². The number of rotatable bonds is 4. The molecule has 1 unspecified atom stereocenters. The fourth-order valence-electron chi connectivity index (χ4n) is 3.58. The molecule has 6 nitrogen and oxygen atoms in total. The highest BCUT2D eigenvalue weighted by atomic mass is 32.1. The average molecular weight is 426 g/mol. The van der Waals surface area contributed by atoms with Gasteiger partial charge in [0.1, 0.15) is 5.75 Å². The number of nitrogens with zero attached hydrogens (tertiary/aromatic N) is 1. The van der Waals surface area contributed by atoms with Crippen molar-refractivity contribution in [3.63, 3.8) is 0 Å². The monoisotopic (exact) mass is 425 g/mol. The van der Waals surface area contributed by atoms with Crippen molar-refractivity contribution < 1.29 is 24.5 Å². The Balaban J connectivity index is 0.000000275. The minimum absolute atomic E-state index is 0.434. The van der Waals surface area contributed by atoms with E-state index in [-0.39, 0.29) is 0 Å². The fraction of sp³-hybridized carbons (Fsp3) is 0.217. The van der Waals surface area contributed by atoms with Crippen LogP contribution in [0.4, 0.5) is 0 Å². The Morgan fingerprint density at radius 3 is 2.50 bits per heavy atom. The van der Waals surface area contributed by atoms with Gasteiger partial charge in [-0.25, -0.2) is 9.59 Å². The predicted octanol–water partition coefficient (Wildman–Crippen LogP) is 4.20. The molecule has 3 aromatic rings. The molecule has 0 saturated carbocycles. The summed E-state index contributed by atoms with van der Waals surface area (Å²) in [6.07, 6.45) is 1.12. The van der Waals surface area contributed by atoms with Gasteiger partial charge in [-0.3, -0.25) is 0 Å². The third-order valence-corrected chi connectivity index (χ3v) is 5.81. The van der Waals surface area contributed by atoms with Gasteiger partial charge in [-0.2, -0.15) is 0 Å². The SMILES string of the molecule is COc1ccc2c(c1)CN(C)CC2c1ccc2sccc2c1.O=C(O)/C=C/C(=O)O. The number of hydrogen-bond donors (Lipinski definition) is 2. The Morgan fingerprint density at radius 1 is 1.10 bits per heavy atom. The van der Waals surface area contributed by atoms with Crippen LogP contribution < -0.4 is 4.74 Å². The van der Waals surface area contributed by atoms with Crippen LogP contribution in [0.25, 0.3) is 10.1 Å². The summed E-state index contributed by atoms with van der Waals surface area (Å²) in [6.45, 7) is 2.05. The Labute approximate surface area is 178 Å². The first-order valence-electron chi connectivity index (χ1n) is 9.34. The number of hydrogen-bond acceptors (Lipinski definition) is 5. The van der Waals surface area contributed by atoms with Crippen LogP contribution in [0.5, 0.6) is 5.75 Å². The zero-order chi connectivity index (χ0) is 21.7. The summed E-state index contributed by atoms with van der Waals surface area (Å²) in [5, 5.41) is 19.1. The van der Waals surface area contributed by atoms with Crippen LogP contribution >= 0.6 is 11.3 Å². The molecule has 0 fully saturated rings. The third kappa shape index (κ3) is 5.25. The van der Waals surface area contributed by atoms with Gasteiger partial charge in [-0.1, -0.05) is 12.1 Å². The highest BCUT2D eigenvalue weighted by Crippen LogP contribution is 2.36. The number of thiophene rings is 1. The maximum absolute atomic E-state index is 9.55. The third-order valence-electron chi connectivity index (χ3n) is 4.91. The number of ether oxygens (including phenoxy) is 1. The van der Waals surface area contributed by atoms with Gasteiger partial charge in [0, 0.05) is 35.9 Å². The Kier molecular flexibility index (Phi) is 6.87. The van der Waals surface area contributed by atoms with Crippen LogP contribution in [-0.4, -0.2) is 47.8 Å². The molecule has 0 saturated heterocycles. The molecule has 4 rings (SSSR count). The fourth-order valence-corrected chi connectivity index (χ4v) is 4.35. The van der Waals surface area contributed by atoms with Crippen LogP contribution in [0.2, 0.25) is 0 Å². The number of fused-ring (bicyclic) bond motifs is 2. The molecule has 2 heterocycles. The van der Waals surface area contributed by atoms with E-state index >= 15 is 0 Å². The molecular formula is C23H23NO5S. The van der Waals surface area contributed by atoms with E-state index in [4.69, 9.17) is 14.9 Å². The summed E-state index contributed by atoms with van der Waals surface area (Å²) in [4.78, 5) is 21.5. The standard InChI is InChI=1S/C19H19NOS.C4H4O4/c1-20-11-15-10-16(21-2)4-5-17(15)18(12-20)13-3-6-19-14(9-13)7-8-22-19;5-3(6)1-2-4(7)8/h3-10,18H,11-12H2,1-2H3;1-2H,(H,5,6)(H,7,8)/b;2-1+. The van der Waals surface area contributed by atoms with Gasteiger partial charge in [0.15, 0.2) is 0 Å². The van der Waals surface area contributed by atoms with Gasteiger partial charge in [-0.15, -0.1) is 11.3 Å². The van der Waals surface area contributed by atoms with Gasteiger partial charge in [0.05, 0.1) is 7.11 Å². The number of carbonyl (C=O) groups is 2. The number of benzene rings is 2. The second kappa shape index (κ2) is 9.56. The normalized spacial score (nSPS) is 16.0. The largest absolute Gasteiger partial charge is 0.497 e. The number of methoxy groups -OCH3 is 1. The number of likely N-dealkylation sites (N-methyl/N-ethyl adjacent to an activating group) is 1. The molecule has 30 heavy (non-hydrogen) atoms. The van der Waals surface area contributed by atoms with Crippen LogP contribution in [0.1, 0.15) is 22.6 Å². The molecule has 7 heteroatoms. The maximum Gasteiger partial charge on any atom is 0.328 e. The van der Waals surface area contributed by atoms with E-state index in [1.54, 1.807) is 18.4 Å². The van der Waals surface area contributed by atoms with Gasteiger partial charge >= 0.3 is 11.9 Å². The lowest BCUT2D eigenvalue weighted by Gasteiger charge is -2.33. The van der Waals surface area contributed by atoms with Crippen LogP contribution in [0.15, 0.2) is 60.0 Å². The highest BCUT2D eigenvalue weighted by molar-refractivity contribution is 7.17. The van der Waals surface area contributed by atoms with Gasteiger partial charge < -0.3 is 19.8 Å². The second-order valence-corrected chi connectivity index (χ2v) is 7.99. The summed E-state index contributed by atoms with van der Waals surface area (Å²) in [6, 6.07) is 15.6. The van der Waals surface area contributed by atoms with Crippen molar-refractivity contribution in [2.75, 3.05) is 20.7 Å². The number of carboxylic acid groups (broad SMARTS) is 2. The summed E-state index contributed by atoms with van der Waals surface area (Å²) >= 11 is 1.81. The molecule has 1 aliphatic heterocycles. The molecule has 2 aromatic carbocycles. The molecule has 1 atom stereocenters. The van der Waals surface area contributed by atoms with E-state index in [1.165, 1.54) is 26.8 Å². The zero-order valence-electron chi connectivity index (χ0n) is 16.7. The second-order valence-electron chi connectivity index (χ2n) is 7.04. The molecule has 0 aliphatic carbocycles. The topological polar surface area (TPSA) is 87.1 Å². The molecule has 1 aliphatic rings. The van der Waals surface area contributed by atoms with E-state index in [9.17, 15) is 9.59 Å². The first-order valence-corrected chi connectivity index (χ1v) is 10.2. The van der Waals surface area contributed by atoms with E-state index in [1.807, 2.05) is 0 Å². The molecule has 0 radical (unpaired) electrons. The lowest BCUT2D eigenvalue weighted by molar-refractivity contribution is -0.134. The van der Waals surface area contributed by atoms with E-state index in [0.717, 1.165) is 18.8 Å². The first kappa shape index (κ1) is 21.5. The van der Waals surface area contributed by atoms with E-state index in [0.29, 0.717) is 18.1 Å². The van der Waals surface area contributed by atoms with E-state index in [2.05, 4.69) is 59.8 Å². The van der Waals surface area contributed by atoms with E-state index < -0.39 is 11.9 Å². The van der Waals surface area contributed by atoms with Crippen molar-refractivity contribution in [1.82, 2.24) is 4.90 Å². The molecule has 156 valence electrons. The number of carboxylic acids is 2. The van der Waals surface area contributed by atoms with Crippen molar-refractivity contribution >= 4 is 33.4 Å². The lowest BCUT2D eigenvalue weighted by Crippen LogP contribution is -2.30. The van der Waals surface area contributed by atoms with Crippen LogP contribution in [0, 0.1) is 0 Å². The van der Waals surface area contributed by atoms with Crippen molar-refractivity contribution in [2.24, 2.45) is 0 Å². The molecule has 0 spiro atoms. The summed E-state index contributed by atoms with van der Waals surface area (Å²) in [5.74, 6) is -1.13. The van der Waals surface area contributed by atoms with Gasteiger partial charge in [0.25, 0.3) is 0 Å². The van der Waals surface area contributed by atoms with Crippen molar-refractivity contribution in [2.45, 2.75) is 12.5 Å². The predicted molar refractivity (Wildman–Crippen MR) is 117 cm³/mol. The maximum atomic E-state index is 9.55. The Hall–Kier alpha value is -3.16. The molecule has 1 aromatic heterocycles. The first-order chi connectivity index (χ1) is 14.4. The summed E-state index contributed by atoms with van der Waals surface area (Å²) in [5.41, 5.74) is 4.22. The Morgan fingerprint density at radius 2 is 1.83 bits per heavy atom. The average Bonchev–Trinajstić information content (AvgIpc) is 3.19. The zero-order valence-corrected chi connectivity index (χ0v) is 17.6. The summed E-state index contributed by atoms with van der Waals surface area (Å²) in [7, 11) is 3.93. The van der Waals surface area contributed by atoms with Gasteiger partial charge in [0.2, 0.25) is 0 Å². The van der Waals surface area contributed by atoms with Gasteiger partial charge in [-0.05, 0) is 64.8 Å². The van der Waals surface area contributed by atoms with Crippen LogP contribution in [0.3, 0.4) is 0 Å². The minimum Gasteiger partial charge on any atom is -0.497 e. The highest BCUT2D eigenvalue weighted by Gasteiger charge is 2.25. The molecule has 2 N–H and O–H groups in total. The number of aliphatic carboxylic acids is 2. The van der Waals surface area contributed by atoms with Crippen LogP contribution in [-0.2, 0) is 16.1 Å². The molecule has 0 amide bonds. The molecule has 0 bridgehead atoms. The van der Waals surface area contributed by atoms with Crippen molar-refractivity contribution in [3.8, 4) is 5.75 Å². The molecular weight excluding hydrogens is 402 g/mol. The summed E-state index contributed by atoms with van der Waals surface area (Å²) < 4.78 is 6.75.